The van der Waals surface area contributed by atoms with Crippen LogP contribution in [-0.4, -0.2) is 23.5 Å². The molecule has 0 saturated heterocycles. The van der Waals surface area contributed by atoms with Crippen molar-refractivity contribution in [3.8, 4) is 0 Å². The van der Waals surface area contributed by atoms with Gasteiger partial charge < -0.3 is 9.15 Å². The molecule has 1 heterocycles. The summed E-state index contributed by atoms with van der Waals surface area (Å²) in [4.78, 5) is 0. The van der Waals surface area contributed by atoms with Gasteiger partial charge in [0.05, 0.1) is 12.9 Å². The summed E-state index contributed by atoms with van der Waals surface area (Å²) in [5, 5.41) is 0. The fourth-order valence-corrected chi connectivity index (χ4v) is 1.26. The van der Waals surface area contributed by atoms with Crippen LogP contribution in [0.3, 0.4) is 0 Å². The summed E-state index contributed by atoms with van der Waals surface area (Å²) >= 11 is 0. The molecule has 0 bridgehead atoms. The van der Waals surface area contributed by atoms with E-state index in [9.17, 15) is 0 Å². The third-order valence-electron chi connectivity index (χ3n) is 1.72. The Morgan fingerprint density at radius 1 is 1.42 bits per heavy atom. The molecule has 3 heteroatoms. The first-order valence-electron chi connectivity index (χ1n) is 4.53. The van der Waals surface area contributed by atoms with Gasteiger partial charge in [-0.25, -0.2) is 0 Å². The molecule has 2 nitrogen and oxygen atoms in total. The first-order chi connectivity index (χ1) is 5.93. The monoisotopic (exact) mass is 184 g/mol. The summed E-state index contributed by atoms with van der Waals surface area (Å²) in [6.45, 7) is 1.69. The van der Waals surface area contributed by atoms with Crippen LogP contribution in [0, 0.1) is 0 Å². The molecule has 0 N–H and O–H groups in total. The molecule has 0 aliphatic heterocycles. The zero-order chi connectivity index (χ0) is 8.65. The molecule has 1 aromatic rings. The van der Waals surface area contributed by atoms with Crippen molar-refractivity contribution in [2.24, 2.45) is 0 Å². The molecule has 0 amide bonds. The summed E-state index contributed by atoms with van der Waals surface area (Å²) in [5.41, 5.74) is 0. The van der Waals surface area contributed by atoms with Gasteiger partial charge in [0.15, 0.2) is 0 Å². The van der Waals surface area contributed by atoms with Crippen LogP contribution < -0.4 is 0 Å². The lowest BCUT2D eigenvalue weighted by molar-refractivity contribution is 0.134. The maximum atomic E-state index is 5.41. The molecular formula is C9H16O2Si. The van der Waals surface area contributed by atoms with Crippen molar-refractivity contribution in [3.63, 3.8) is 0 Å². The third-order valence-corrected chi connectivity index (χ3v) is 2.42. The Morgan fingerprint density at radius 3 is 3.00 bits per heavy atom. The van der Waals surface area contributed by atoms with Gasteiger partial charge in [-0.2, -0.15) is 0 Å². The number of rotatable bonds is 6. The van der Waals surface area contributed by atoms with Crippen molar-refractivity contribution in [3.05, 3.63) is 24.2 Å². The molecule has 0 aromatic carbocycles. The Morgan fingerprint density at radius 2 is 2.33 bits per heavy atom. The summed E-state index contributed by atoms with van der Waals surface area (Å²) in [5.74, 6) is 1.01. The lowest BCUT2D eigenvalue weighted by Crippen LogP contribution is -1.99. The zero-order valence-electron chi connectivity index (χ0n) is 7.58. The summed E-state index contributed by atoms with van der Waals surface area (Å²) in [6.07, 6.45) is 3.81. The second kappa shape index (κ2) is 6.03. The van der Waals surface area contributed by atoms with Gasteiger partial charge in [-0.1, -0.05) is 6.04 Å². The highest BCUT2D eigenvalue weighted by Gasteiger charge is 1.94. The highest BCUT2D eigenvalue weighted by Crippen LogP contribution is 2.00. The van der Waals surface area contributed by atoms with Gasteiger partial charge in [0.25, 0.3) is 0 Å². The molecular weight excluding hydrogens is 168 g/mol. The molecule has 0 atom stereocenters. The zero-order valence-corrected chi connectivity index (χ0v) is 9.58. The van der Waals surface area contributed by atoms with Crippen LogP contribution in [-0.2, 0) is 11.2 Å². The van der Waals surface area contributed by atoms with Crippen LogP contribution in [0.1, 0.15) is 12.2 Å². The number of hydrogen-bond donors (Lipinski definition) is 0. The first-order valence-corrected chi connectivity index (χ1v) is 5.95. The van der Waals surface area contributed by atoms with E-state index in [4.69, 9.17) is 9.15 Å². The molecule has 0 fully saturated rings. The average Bonchev–Trinajstić information content (AvgIpc) is 2.57. The number of ether oxygens (including phenoxy) is 1. The van der Waals surface area contributed by atoms with E-state index in [1.165, 1.54) is 22.7 Å². The highest BCUT2D eigenvalue weighted by molar-refractivity contribution is 6.08. The standard InChI is InChI=1S/C9H16O2Si/c12-8-2-5-10-7-4-9-3-1-6-11-9/h1,3,6H,2,4-5,7-8H2,12H3. The predicted octanol–water partition coefficient (Wildman–Crippen LogP) is 1.01. The van der Waals surface area contributed by atoms with E-state index in [2.05, 4.69) is 0 Å². The van der Waals surface area contributed by atoms with E-state index >= 15 is 0 Å². The second-order valence-corrected chi connectivity index (χ2v) is 3.80. The van der Waals surface area contributed by atoms with Crippen LogP contribution >= 0.6 is 0 Å². The largest absolute Gasteiger partial charge is 0.469 e. The molecule has 0 aliphatic rings. The average molecular weight is 184 g/mol. The molecule has 0 saturated carbocycles. The third kappa shape index (κ3) is 3.73. The van der Waals surface area contributed by atoms with Gasteiger partial charge in [-0.15, -0.1) is 0 Å². The summed E-state index contributed by atoms with van der Waals surface area (Å²) < 4.78 is 10.6. The summed E-state index contributed by atoms with van der Waals surface area (Å²) in [6, 6.07) is 5.23. The van der Waals surface area contributed by atoms with Gasteiger partial charge >= 0.3 is 0 Å². The smallest absolute Gasteiger partial charge is 0.106 e. The van der Waals surface area contributed by atoms with Crippen molar-refractivity contribution in [2.75, 3.05) is 13.2 Å². The van der Waals surface area contributed by atoms with Crippen molar-refractivity contribution in [1.82, 2.24) is 0 Å². The SMILES string of the molecule is [SiH3]CCCOCCc1ccco1. The minimum Gasteiger partial charge on any atom is -0.469 e. The molecule has 0 unspecified atom stereocenters. The van der Waals surface area contributed by atoms with Crippen LogP contribution in [0.4, 0.5) is 0 Å². The molecule has 1 rings (SSSR count). The first kappa shape index (κ1) is 9.54. The number of hydrogen-bond acceptors (Lipinski definition) is 2. The maximum Gasteiger partial charge on any atom is 0.106 e. The van der Waals surface area contributed by atoms with Crippen LogP contribution in [0.25, 0.3) is 0 Å². The van der Waals surface area contributed by atoms with Gasteiger partial charge in [-0.3, -0.25) is 0 Å². The minimum absolute atomic E-state index is 0.787. The quantitative estimate of drug-likeness (QED) is 0.486. The Bertz CT molecular complexity index is 184. The lowest BCUT2D eigenvalue weighted by atomic mass is 10.3. The van der Waals surface area contributed by atoms with Gasteiger partial charge in [0.2, 0.25) is 0 Å². The van der Waals surface area contributed by atoms with E-state index < -0.39 is 0 Å². The number of furan rings is 1. The lowest BCUT2D eigenvalue weighted by Gasteiger charge is -2.00. The topological polar surface area (TPSA) is 22.4 Å². The van der Waals surface area contributed by atoms with Crippen LogP contribution in [0.5, 0.6) is 0 Å². The highest BCUT2D eigenvalue weighted by atomic mass is 28.1. The van der Waals surface area contributed by atoms with E-state index in [0.717, 1.165) is 25.4 Å². The molecule has 0 spiro atoms. The maximum absolute atomic E-state index is 5.41. The Balaban J connectivity index is 1.96. The Kier molecular flexibility index (Phi) is 4.79. The predicted molar refractivity (Wildman–Crippen MR) is 52.6 cm³/mol. The minimum atomic E-state index is 0.787. The fourth-order valence-electron chi connectivity index (χ4n) is 0.976. The van der Waals surface area contributed by atoms with Crippen molar-refractivity contribution < 1.29 is 9.15 Å². The van der Waals surface area contributed by atoms with E-state index in [1.54, 1.807) is 6.26 Å². The van der Waals surface area contributed by atoms with E-state index in [-0.39, 0.29) is 0 Å². The summed E-state index contributed by atoms with van der Waals surface area (Å²) in [7, 11) is 1.29. The van der Waals surface area contributed by atoms with Gasteiger partial charge in [-0.05, 0) is 18.6 Å². The molecule has 1 aromatic heterocycles. The fraction of sp³-hybridized carbons (Fsp3) is 0.556. The van der Waals surface area contributed by atoms with E-state index in [0.29, 0.717) is 0 Å². The van der Waals surface area contributed by atoms with Crippen molar-refractivity contribution in [1.29, 1.82) is 0 Å². The van der Waals surface area contributed by atoms with E-state index in [1.807, 2.05) is 12.1 Å². The van der Waals surface area contributed by atoms with Crippen molar-refractivity contribution >= 4 is 10.2 Å². The van der Waals surface area contributed by atoms with Crippen LogP contribution in [0.15, 0.2) is 22.8 Å². The molecule has 68 valence electrons. The van der Waals surface area contributed by atoms with Gasteiger partial charge in [0.1, 0.15) is 5.76 Å². The van der Waals surface area contributed by atoms with Gasteiger partial charge in [0, 0.05) is 23.3 Å². The molecule has 12 heavy (non-hydrogen) atoms. The van der Waals surface area contributed by atoms with Crippen LogP contribution in [0.2, 0.25) is 6.04 Å². The Labute approximate surface area is 76.3 Å². The molecule has 0 aliphatic carbocycles. The second-order valence-electron chi connectivity index (χ2n) is 2.80. The normalized spacial score (nSPS) is 10.7. The van der Waals surface area contributed by atoms with Crippen molar-refractivity contribution in [2.45, 2.75) is 18.9 Å². The Hall–Kier alpha value is -0.543. The molecule has 0 radical (unpaired) electrons.